The van der Waals surface area contributed by atoms with Crippen molar-refractivity contribution in [2.45, 2.75) is 6.92 Å². The number of phenols is 2. The lowest BCUT2D eigenvalue weighted by molar-refractivity contribution is 0.408. The summed E-state index contributed by atoms with van der Waals surface area (Å²) in [7, 11) is 1.45. The maximum atomic E-state index is 12.4. The molecule has 0 spiro atoms. The van der Waals surface area contributed by atoms with Gasteiger partial charge in [0.1, 0.15) is 39.2 Å². The summed E-state index contributed by atoms with van der Waals surface area (Å²) in [5.41, 5.74) is 0.778. The summed E-state index contributed by atoms with van der Waals surface area (Å²) in [6, 6.07) is 5.99. The molecule has 1 aromatic heterocycles. The number of ether oxygens (including phenoxy) is 1. The third-order valence-corrected chi connectivity index (χ3v) is 3.19. The van der Waals surface area contributed by atoms with Crippen LogP contribution >= 0.6 is 0 Å². The van der Waals surface area contributed by atoms with E-state index in [1.54, 1.807) is 13.0 Å². The average Bonchev–Trinajstić information content (AvgIpc) is 2.36. The van der Waals surface area contributed by atoms with Crippen LogP contribution in [0.25, 0.3) is 21.9 Å². The highest BCUT2D eigenvalue weighted by molar-refractivity contribution is 5.96. The van der Waals surface area contributed by atoms with Crippen molar-refractivity contribution in [2.24, 2.45) is 0 Å². The summed E-state index contributed by atoms with van der Waals surface area (Å²) in [5, 5.41) is 19.9. The van der Waals surface area contributed by atoms with Crippen LogP contribution in [0.5, 0.6) is 17.2 Å². The molecule has 0 aliphatic carbocycles. The molecule has 0 saturated carbocycles. The van der Waals surface area contributed by atoms with E-state index in [4.69, 9.17) is 9.15 Å². The minimum absolute atomic E-state index is 0.0254. The Morgan fingerprint density at radius 1 is 1.00 bits per heavy atom. The third-order valence-electron chi connectivity index (χ3n) is 3.19. The predicted octanol–water partition coefficient (Wildman–Crippen LogP) is 2.67. The number of hydrogen-bond acceptors (Lipinski definition) is 5. The molecule has 2 N–H and O–H groups in total. The van der Waals surface area contributed by atoms with Crippen molar-refractivity contribution in [3.63, 3.8) is 0 Å². The molecule has 3 rings (SSSR count). The van der Waals surface area contributed by atoms with E-state index in [0.29, 0.717) is 5.75 Å². The van der Waals surface area contributed by atoms with Gasteiger partial charge in [-0.15, -0.1) is 0 Å². The van der Waals surface area contributed by atoms with E-state index in [2.05, 4.69) is 0 Å². The fourth-order valence-corrected chi connectivity index (χ4v) is 2.29. The summed E-state index contributed by atoms with van der Waals surface area (Å²) in [6.07, 6.45) is 0. The number of methoxy groups -OCH3 is 1. The van der Waals surface area contributed by atoms with Crippen molar-refractivity contribution in [3.05, 3.63) is 40.1 Å². The summed E-state index contributed by atoms with van der Waals surface area (Å²) < 4.78 is 10.6. The molecule has 0 aliphatic heterocycles. The Hall–Kier alpha value is -2.69. The molecule has 0 saturated heterocycles. The molecular formula is C15H12O5. The van der Waals surface area contributed by atoms with E-state index >= 15 is 0 Å². The molecule has 0 bridgehead atoms. The summed E-state index contributed by atoms with van der Waals surface area (Å²) >= 11 is 0. The molecule has 0 atom stereocenters. The lowest BCUT2D eigenvalue weighted by Crippen LogP contribution is -2.03. The SMILES string of the molecule is COc1cc(O)c2c(=O)c3c(O)cc(C)cc3oc2c1. The third kappa shape index (κ3) is 1.67. The smallest absolute Gasteiger partial charge is 0.208 e. The molecule has 102 valence electrons. The molecule has 0 unspecified atom stereocenters. The Morgan fingerprint density at radius 2 is 1.60 bits per heavy atom. The van der Waals surface area contributed by atoms with Crippen LogP contribution in [-0.4, -0.2) is 17.3 Å². The fourth-order valence-electron chi connectivity index (χ4n) is 2.29. The second-order valence-electron chi connectivity index (χ2n) is 4.61. The van der Waals surface area contributed by atoms with Gasteiger partial charge in [0.2, 0.25) is 5.43 Å². The van der Waals surface area contributed by atoms with E-state index in [1.807, 2.05) is 0 Å². The first-order valence-corrected chi connectivity index (χ1v) is 5.98. The highest BCUT2D eigenvalue weighted by atomic mass is 16.5. The van der Waals surface area contributed by atoms with E-state index in [1.165, 1.54) is 25.3 Å². The predicted molar refractivity (Wildman–Crippen MR) is 74.6 cm³/mol. The zero-order chi connectivity index (χ0) is 14.4. The maximum absolute atomic E-state index is 12.4. The van der Waals surface area contributed by atoms with Crippen molar-refractivity contribution in [1.29, 1.82) is 0 Å². The molecule has 0 aliphatic rings. The molecule has 0 fully saturated rings. The van der Waals surface area contributed by atoms with Gasteiger partial charge in [-0.1, -0.05) is 0 Å². The van der Waals surface area contributed by atoms with Crippen LogP contribution in [0.15, 0.2) is 33.5 Å². The van der Waals surface area contributed by atoms with Gasteiger partial charge in [-0.25, -0.2) is 0 Å². The van der Waals surface area contributed by atoms with Crippen molar-refractivity contribution >= 4 is 21.9 Å². The first kappa shape index (κ1) is 12.3. The highest BCUT2D eigenvalue weighted by Gasteiger charge is 2.16. The molecule has 0 radical (unpaired) electrons. The van der Waals surface area contributed by atoms with E-state index < -0.39 is 5.43 Å². The second-order valence-corrected chi connectivity index (χ2v) is 4.61. The Labute approximate surface area is 113 Å². The number of benzene rings is 2. The Bertz CT molecular complexity index is 892. The molecular weight excluding hydrogens is 260 g/mol. The van der Waals surface area contributed by atoms with Gasteiger partial charge in [0, 0.05) is 12.1 Å². The van der Waals surface area contributed by atoms with E-state index in [0.717, 1.165) is 5.56 Å². The minimum Gasteiger partial charge on any atom is -0.507 e. The van der Waals surface area contributed by atoms with Gasteiger partial charge < -0.3 is 19.4 Å². The van der Waals surface area contributed by atoms with Gasteiger partial charge in [-0.3, -0.25) is 4.79 Å². The quantitative estimate of drug-likeness (QED) is 0.666. The molecule has 5 nitrogen and oxygen atoms in total. The molecule has 20 heavy (non-hydrogen) atoms. The Kier molecular flexibility index (Phi) is 2.57. The van der Waals surface area contributed by atoms with Gasteiger partial charge in [0.15, 0.2) is 0 Å². The Balaban J connectivity index is 2.57. The van der Waals surface area contributed by atoms with Crippen molar-refractivity contribution < 1.29 is 19.4 Å². The summed E-state index contributed by atoms with van der Waals surface area (Å²) in [5.74, 6) is -0.0183. The fraction of sp³-hybridized carbons (Fsp3) is 0.133. The van der Waals surface area contributed by atoms with Crippen molar-refractivity contribution in [1.82, 2.24) is 0 Å². The lowest BCUT2D eigenvalue weighted by atomic mass is 10.1. The first-order valence-electron chi connectivity index (χ1n) is 5.98. The number of rotatable bonds is 1. The minimum atomic E-state index is -0.473. The lowest BCUT2D eigenvalue weighted by Gasteiger charge is -2.07. The number of phenolic OH excluding ortho intramolecular Hbond substituents is 2. The normalized spacial score (nSPS) is 11.1. The van der Waals surface area contributed by atoms with Crippen LogP contribution in [0, 0.1) is 6.92 Å². The summed E-state index contributed by atoms with van der Waals surface area (Å²) in [4.78, 5) is 12.4. The Morgan fingerprint density at radius 3 is 2.25 bits per heavy atom. The number of aryl methyl sites for hydroxylation is 1. The van der Waals surface area contributed by atoms with Crippen molar-refractivity contribution in [2.75, 3.05) is 7.11 Å². The molecule has 5 heteroatoms. The molecule has 1 heterocycles. The van der Waals surface area contributed by atoms with E-state index in [9.17, 15) is 15.0 Å². The van der Waals surface area contributed by atoms with Crippen LogP contribution in [0.2, 0.25) is 0 Å². The first-order chi connectivity index (χ1) is 9.51. The average molecular weight is 272 g/mol. The highest BCUT2D eigenvalue weighted by Crippen LogP contribution is 2.32. The van der Waals surface area contributed by atoms with Gasteiger partial charge in [0.05, 0.1) is 7.11 Å². The van der Waals surface area contributed by atoms with Crippen LogP contribution in [0.1, 0.15) is 5.56 Å². The topological polar surface area (TPSA) is 79.9 Å². The van der Waals surface area contributed by atoms with Crippen LogP contribution in [-0.2, 0) is 0 Å². The summed E-state index contributed by atoms with van der Waals surface area (Å²) in [6.45, 7) is 1.78. The van der Waals surface area contributed by atoms with Gasteiger partial charge in [0.25, 0.3) is 0 Å². The van der Waals surface area contributed by atoms with Gasteiger partial charge in [-0.05, 0) is 24.6 Å². The number of aromatic hydroxyl groups is 2. The molecule has 0 amide bonds. The van der Waals surface area contributed by atoms with Crippen molar-refractivity contribution in [3.8, 4) is 17.2 Å². The van der Waals surface area contributed by atoms with Crippen LogP contribution in [0.3, 0.4) is 0 Å². The number of hydrogen-bond donors (Lipinski definition) is 2. The monoisotopic (exact) mass is 272 g/mol. The zero-order valence-corrected chi connectivity index (χ0v) is 10.9. The largest absolute Gasteiger partial charge is 0.507 e. The van der Waals surface area contributed by atoms with Gasteiger partial charge in [-0.2, -0.15) is 0 Å². The maximum Gasteiger partial charge on any atom is 0.208 e. The molecule has 2 aromatic carbocycles. The van der Waals surface area contributed by atoms with Crippen LogP contribution < -0.4 is 10.2 Å². The van der Waals surface area contributed by atoms with Gasteiger partial charge >= 0.3 is 0 Å². The van der Waals surface area contributed by atoms with Crippen LogP contribution in [0.4, 0.5) is 0 Å². The van der Waals surface area contributed by atoms with E-state index in [-0.39, 0.29) is 33.4 Å². The second kappa shape index (κ2) is 4.16. The molecule has 3 aromatic rings. The zero-order valence-electron chi connectivity index (χ0n) is 10.9. The number of fused-ring (bicyclic) bond motifs is 2. The standard InChI is InChI=1S/C15H12O5/c1-7-3-9(16)13-11(4-7)20-12-6-8(19-2)5-10(17)14(12)15(13)18/h3-6,16-17H,1-2H3.